The zero-order valence-corrected chi connectivity index (χ0v) is 17.8. The third kappa shape index (κ3) is 5.61. The topological polar surface area (TPSA) is 108 Å². The van der Waals surface area contributed by atoms with Crippen LogP contribution in [0.25, 0.3) is 0 Å². The molecule has 1 aliphatic rings. The third-order valence-electron chi connectivity index (χ3n) is 5.27. The fourth-order valence-corrected chi connectivity index (χ4v) is 3.51. The van der Waals surface area contributed by atoms with Gasteiger partial charge in [0.15, 0.2) is 0 Å². The van der Waals surface area contributed by atoms with Crippen molar-refractivity contribution in [2.45, 2.75) is 32.4 Å². The number of aliphatic hydroxyl groups excluding tert-OH is 1. The molecule has 9 heteroatoms. The first-order chi connectivity index (χ1) is 15.4. The number of ether oxygens (including phenoxy) is 1. The molecule has 1 fully saturated rings. The Bertz CT molecular complexity index is 989. The molecular formula is C23H26FN3O5. The smallest absolute Gasteiger partial charge is 0.409 e. The maximum absolute atomic E-state index is 13.8. The Balaban J connectivity index is 1.67. The van der Waals surface area contributed by atoms with Crippen LogP contribution in [0.2, 0.25) is 0 Å². The van der Waals surface area contributed by atoms with E-state index >= 15 is 0 Å². The number of benzene rings is 2. The van der Waals surface area contributed by atoms with Gasteiger partial charge in [0.05, 0.1) is 18.9 Å². The summed E-state index contributed by atoms with van der Waals surface area (Å²) in [4.78, 5) is 38.9. The molecule has 0 aliphatic carbocycles. The van der Waals surface area contributed by atoms with Crippen LogP contribution in [0.15, 0.2) is 42.5 Å². The number of para-hydroxylation sites is 1. The molecule has 3 rings (SSSR count). The van der Waals surface area contributed by atoms with E-state index in [9.17, 15) is 23.9 Å². The molecule has 3 N–H and O–H groups in total. The maximum Gasteiger partial charge on any atom is 0.409 e. The molecule has 0 saturated carbocycles. The van der Waals surface area contributed by atoms with Crippen molar-refractivity contribution in [1.29, 1.82) is 0 Å². The zero-order chi connectivity index (χ0) is 23.1. The molecule has 170 valence electrons. The highest BCUT2D eigenvalue weighted by Gasteiger charge is 2.25. The average molecular weight is 443 g/mol. The van der Waals surface area contributed by atoms with Crippen LogP contribution >= 0.6 is 0 Å². The van der Waals surface area contributed by atoms with Gasteiger partial charge in [-0.1, -0.05) is 18.2 Å². The van der Waals surface area contributed by atoms with Gasteiger partial charge < -0.3 is 25.4 Å². The van der Waals surface area contributed by atoms with Crippen LogP contribution < -0.4 is 10.6 Å². The van der Waals surface area contributed by atoms with Gasteiger partial charge in [-0.05, 0) is 49.6 Å². The highest BCUT2D eigenvalue weighted by Crippen LogP contribution is 2.18. The minimum Gasteiger partial charge on any atom is -0.450 e. The number of carbonyl (C=O) groups is 3. The summed E-state index contributed by atoms with van der Waals surface area (Å²) in [6.07, 6.45) is 0.757. The normalized spacial score (nSPS) is 14.0. The van der Waals surface area contributed by atoms with Crippen molar-refractivity contribution in [3.05, 3.63) is 65.0 Å². The van der Waals surface area contributed by atoms with Crippen molar-refractivity contribution in [3.8, 4) is 0 Å². The highest BCUT2D eigenvalue weighted by molar-refractivity contribution is 6.06. The summed E-state index contributed by atoms with van der Waals surface area (Å²) in [7, 11) is 0. The predicted molar refractivity (Wildman–Crippen MR) is 116 cm³/mol. The summed E-state index contributed by atoms with van der Waals surface area (Å²) in [5.74, 6) is -1.57. The molecule has 32 heavy (non-hydrogen) atoms. The number of rotatable bonds is 6. The van der Waals surface area contributed by atoms with E-state index in [1.165, 1.54) is 36.4 Å². The van der Waals surface area contributed by atoms with E-state index in [4.69, 9.17) is 4.74 Å². The molecule has 0 radical (unpaired) electrons. The van der Waals surface area contributed by atoms with Crippen LogP contribution in [0.5, 0.6) is 0 Å². The number of nitrogens with zero attached hydrogens (tertiary/aromatic N) is 1. The van der Waals surface area contributed by atoms with Gasteiger partial charge >= 0.3 is 6.09 Å². The number of likely N-dealkylation sites (tertiary alicyclic amines) is 1. The van der Waals surface area contributed by atoms with Crippen LogP contribution in [-0.2, 0) is 11.3 Å². The van der Waals surface area contributed by atoms with E-state index in [2.05, 4.69) is 10.6 Å². The first kappa shape index (κ1) is 23.2. The minimum atomic E-state index is -0.573. The van der Waals surface area contributed by atoms with Crippen LogP contribution in [0.1, 0.15) is 46.0 Å². The summed E-state index contributed by atoms with van der Waals surface area (Å²) in [6.45, 7) is 2.59. The maximum atomic E-state index is 13.8. The standard InChI is InChI=1S/C23H26FN3O5/c1-2-32-23(31)27-11-9-17(10-12-27)25-22(30)18-13-15(7-8-16(18)14-28)21(29)26-20-6-4-3-5-19(20)24/h3-8,13,17,28H,2,9-12,14H2,1H3,(H,25,30)(H,26,29). The third-order valence-corrected chi connectivity index (χ3v) is 5.27. The Morgan fingerprint density at radius 3 is 2.50 bits per heavy atom. The number of carbonyl (C=O) groups excluding carboxylic acids is 3. The quantitative estimate of drug-likeness (QED) is 0.636. The van der Waals surface area contributed by atoms with Crippen molar-refractivity contribution in [1.82, 2.24) is 10.2 Å². The Hall–Kier alpha value is -3.46. The summed E-state index contributed by atoms with van der Waals surface area (Å²) >= 11 is 0. The molecule has 0 aromatic heterocycles. The lowest BCUT2D eigenvalue weighted by atomic mass is 10.0. The van der Waals surface area contributed by atoms with E-state index in [-0.39, 0.29) is 35.6 Å². The number of halogens is 1. The fraction of sp³-hybridized carbons (Fsp3) is 0.348. The van der Waals surface area contributed by atoms with Crippen LogP contribution in [0, 0.1) is 5.82 Å². The van der Waals surface area contributed by atoms with Crippen molar-refractivity contribution < 1.29 is 28.6 Å². The van der Waals surface area contributed by atoms with Gasteiger partial charge in [0.1, 0.15) is 5.82 Å². The van der Waals surface area contributed by atoms with Crippen LogP contribution in [-0.4, -0.2) is 53.7 Å². The van der Waals surface area contributed by atoms with E-state index in [0.29, 0.717) is 38.1 Å². The number of piperidine rings is 1. The second-order valence-electron chi connectivity index (χ2n) is 7.40. The second kappa shape index (κ2) is 10.7. The molecule has 0 spiro atoms. The Labute approximate surface area is 185 Å². The van der Waals surface area contributed by atoms with E-state index in [1.54, 1.807) is 17.9 Å². The van der Waals surface area contributed by atoms with Gasteiger partial charge in [0, 0.05) is 30.3 Å². The highest BCUT2D eigenvalue weighted by atomic mass is 19.1. The molecular weight excluding hydrogens is 417 g/mol. The van der Waals surface area contributed by atoms with Gasteiger partial charge in [0.2, 0.25) is 0 Å². The first-order valence-corrected chi connectivity index (χ1v) is 10.4. The number of hydrogen-bond donors (Lipinski definition) is 3. The molecule has 2 aromatic rings. The van der Waals surface area contributed by atoms with Crippen molar-refractivity contribution >= 4 is 23.6 Å². The lowest BCUT2D eigenvalue weighted by Gasteiger charge is -2.31. The Kier molecular flexibility index (Phi) is 7.77. The molecule has 3 amide bonds. The van der Waals surface area contributed by atoms with Crippen LogP contribution in [0.4, 0.5) is 14.9 Å². The van der Waals surface area contributed by atoms with Gasteiger partial charge in [-0.25, -0.2) is 9.18 Å². The van der Waals surface area contributed by atoms with Gasteiger partial charge in [-0.15, -0.1) is 0 Å². The largest absolute Gasteiger partial charge is 0.450 e. The molecule has 0 bridgehead atoms. The minimum absolute atomic E-state index is 0.0306. The number of amides is 3. The molecule has 1 aliphatic heterocycles. The lowest BCUT2D eigenvalue weighted by Crippen LogP contribution is -2.46. The zero-order valence-electron chi connectivity index (χ0n) is 17.8. The predicted octanol–water partition coefficient (Wildman–Crippen LogP) is 2.92. The van der Waals surface area contributed by atoms with E-state index in [0.717, 1.165) is 0 Å². The summed E-state index contributed by atoms with van der Waals surface area (Å²) in [6, 6.07) is 9.97. The summed E-state index contributed by atoms with van der Waals surface area (Å²) in [5, 5.41) is 15.0. The second-order valence-corrected chi connectivity index (χ2v) is 7.40. The molecule has 1 saturated heterocycles. The number of anilines is 1. The molecule has 0 unspecified atom stereocenters. The van der Waals surface area contributed by atoms with Gasteiger partial charge in [-0.2, -0.15) is 0 Å². The summed E-state index contributed by atoms with van der Waals surface area (Å²) in [5.41, 5.74) is 0.728. The Morgan fingerprint density at radius 2 is 1.84 bits per heavy atom. The first-order valence-electron chi connectivity index (χ1n) is 10.4. The van der Waals surface area contributed by atoms with E-state index in [1.807, 2.05) is 0 Å². The van der Waals surface area contributed by atoms with Crippen LogP contribution in [0.3, 0.4) is 0 Å². The van der Waals surface area contributed by atoms with Crippen molar-refractivity contribution in [3.63, 3.8) is 0 Å². The molecule has 2 aromatic carbocycles. The lowest BCUT2D eigenvalue weighted by molar-refractivity contribution is 0.0857. The number of aliphatic hydroxyl groups is 1. The molecule has 1 heterocycles. The van der Waals surface area contributed by atoms with Gasteiger partial charge in [-0.3, -0.25) is 9.59 Å². The SMILES string of the molecule is CCOC(=O)N1CCC(NC(=O)c2cc(C(=O)Nc3ccccc3F)ccc2CO)CC1. The Morgan fingerprint density at radius 1 is 1.12 bits per heavy atom. The number of nitrogens with one attached hydrogen (secondary N) is 2. The summed E-state index contributed by atoms with van der Waals surface area (Å²) < 4.78 is 18.8. The van der Waals surface area contributed by atoms with Crippen molar-refractivity contribution in [2.75, 3.05) is 25.0 Å². The molecule has 8 nitrogen and oxygen atoms in total. The number of hydrogen-bond acceptors (Lipinski definition) is 5. The fourth-order valence-electron chi connectivity index (χ4n) is 3.51. The van der Waals surface area contributed by atoms with Gasteiger partial charge in [0.25, 0.3) is 11.8 Å². The average Bonchev–Trinajstić information content (AvgIpc) is 2.80. The monoisotopic (exact) mass is 443 g/mol. The van der Waals surface area contributed by atoms with E-state index < -0.39 is 17.6 Å². The molecule has 0 atom stereocenters. The van der Waals surface area contributed by atoms with Crippen molar-refractivity contribution in [2.24, 2.45) is 0 Å².